The minimum absolute atomic E-state index is 0.00528. The Bertz CT molecular complexity index is 742. The number of hydrogen-bond acceptors (Lipinski definition) is 3. The summed E-state index contributed by atoms with van der Waals surface area (Å²) in [6.07, 6.45) is -1.86. The van der Waals surface area contributed by atoms with Crippen LogP contribution in [0.2, 0.25) is 0 Å². The SMILES string of the molecule is C[C@@H](NC(=O)c1ccoc1)C(=O)N(C)Cc1cccc(C(F)(F)F)c1. The van der Waals surface area contributed by atoms with Gasteiger partial charge in [0.2, 0.25) is 5.91 Å². The fraction of sp³-hybridized carbons (Fsp3) is 0.294. The lowest BCUT2D eigenvalue weighted by Gasteiger charge is -2.22. The number of carbonyl (C=O) groups is 2. The number of nitrogens with zero attached hydrogens (tertiary/aromatic N) is 1. The second-order valence-electron chi connectivity index (χ2n) is 5.60. The molecule has 25 heavy (non-hydrogen) atoms. The summed E-state index contributed by atoms with van der Waals surface area (Å²) in [6.45, 7) is 1.50. The molecule has 0 unspecified atom stereocenters. The lowest BCUT2D eigenvalue weighted by atomic mass is 10.1. The first-order valence-electron chi connectivity index (χ1n) is 7.42. The van der Waals surface area contributed by atoms with Gasteiger partial charge in [-0.05, 0) is 30.7 Å². The normalized spacial score (nSPS) is 12.5. The van der Waals surface area contributed by atoms with Gasteiger partial charge < -0.3 is 14.6 Å². The smallest absolute Gasteiger partial charge is 0.416 e. The van der Waals surface area contributed by atoms with Crippen molar-refractivity contribution in [3.8, 4) is 0 Å². The molecule has 0 saturated carbocycles. The van der Waals surface area contributed by atoms with Crippen molar-refractivity contribution in [2.45, 2.75) is 25.7 Å². The molecule has 2 rings (SSSR count). The summed E-state index contributed by atoms with van der Waals surface area (Å²) >= 11 is 0. The Morgan fingerprint density at radius 3 is 2.60 bits per heavy atom. The van der Waals surface area contributed by atoms with Crippen LogP contribution >= 0.6 is 0 Å². The summed E-state index contributed by atoms with van der Waals surface area (Å²) in [4.78, 5) is 25.4. The van der Waals surface area contributed by atoms with Crippen LogP contribution in [0.25, 0.3) is 0 Å². The Morgan fingerprint density at radius 2 is 2.00 bits per heavy atom. The van der Waals surface area contributed by atoms with E-state index in [-0.39, 0.29) is 12.1 Å². The fourth-order valence-electron chi connectivity index (χ4n) is 2.26. The predicted octanol–water partition coefficient (Wildman–Crippen LogP) is 3.08. The highest BCUT2D eigenvalue weighted by atomic mass is 19.4. The van der Waals surface area contributed by atoms with Gasteiger partial charge in [0.05, 0.1) is 17.4 Å². The molecule has 134 valence electrons. The minimum atomic E-state index is -4.44. The molecule has 1 aromatic carbocycles. The highest BCUT2D eigenvalue weighted by molar-refractivity contribution is 5.97. The molecule has 8 heteroatoms. The van der Waals surface area contributed by atoms with Crippen LogP contribution in [-0.2, 0) is 17.5 Å². The number of alkyl halides is 3. The van der Waals surface area contributed by atoms with Gasteiger partial charge in [-0.25, -0.2) is 0 Å². The van der Waals surface area contributed by atoms with Gasteiger partial charge in [-0.3, -0.25) is 9.59 Å². The second kappa shape index (κ2) is 7.42. The Hall–Kier alpha value is -2.77. The zero-order valence-electron chi connectivity index (χ0n) is 13.6. The average Bonchev–Trinajstić information content (AvgIpc) is 3.08. The van der Waals surface area contributed by atoms with Gasteiger partial charge >= 0.3 is 6.18 Å². The lowest BCUT2D eigenvalue weighted by molar-refractivity contribution is -0.137. The summed E-state index contributed by atoms with van der Waals surface area (Å²) in [6, 6.07) is 5.39. The van der Waals surface area contributed by atoms with E-state index in [2.05, 4.69) is 5.32 Å². The molecule has 0 saturated heterocycles. The molecular weight excluding hydrogens is 337 g/mol. The van der Waals surface area contributed by atoms with Crippen LogP contribution in [0.5, 0.6) is 0 Å². The van der Waals surface area contributed by atoms with Crippen LogP contribution in [-0.4, -0.2) is 29.8 Å². The van der Waals surface area contributed by atoms with E-state index in [4.69, 9.17) is 4.42 Å². The maximum absolute atomic E-state index is 12.7. The summed E-state index contributed by atoms with van der Waals surface area (Å²) in [5.74, 6) is -0.892. The molecule has 0 radical (unpaired) electrons. The molecule has 0 bridgehead atoms. The van der Waals surface area contributed by atoms with Crippen LogP contribution in [0, 0.1) is 0 Å². The Labute approximate surface area is 142 Å². The van der Waals surface area contributed by atoms with Gasteiger partial charge in [-0.15, -0.1) is 0 Å². The van der Waals surface area contributed by atoms with E-state index in [1.165, 1.54) is 49.6 Å². The number of nitrogens with one attached hydrogen (secondary N) is 1. The Kier molecular flexibility index (Phi) is 5.51. The summed E-state index contributed by atoms with van der Waals surface area (Å²) in [5, 5.41) is 2.51. The van der Waals surface area contributed by atoms with Gasteiger partial charge in [0.1, 0.15) is 12.3 Å². The van der Waals surface area contributed by atoms with Crippen molar-refractivity contribution < 1.29 is 27.2 Å². The molecule has 0 fully saturated rings. The van der Waals surface area contributed by atoms with Crippen molar-refractivity contribution in [2.75, 3.05) is 7.05 Å². The molecule has 1 N–H and O–H groups in total. The van der Waals surface area contributed by atoms with Gasteiger partial charge in [-0.1, -0.05) is 12.1 Å². The van der Waals surface area contributed by atoms with Crippen molar-refractivity contribution in [3.05, 3.63) is 59.5 Å². The lowest BCUT2D eigenvalue weighted by Crippen LogP contribution is -2.45. The van der Waals surface area contributed by atoms with E-state index >= 15 is 0 Å². The van der Waals surface area contributed by atoms with Crippen molar-refractivity contribution in [2.24, 2.45) is 0 Å². The molecule has 1 atom stereocenters. The van der Waals surface area contributed by atoms with Gasteiger partial charge in [0.25, 0.3) is 5.91 Å². The first-order valence-corrected chi connectivity index (χ1v) is 7.42. The van der Waals surface area contributed by atoms with Gasteiger partial charge in [0.15, 0.2) is 0 Å². The number of carbonyl (C=O) groups excluding carboxylic acids is 2. The Morgan fingerprint density at radius 1 is 1.28 bits per heavy atom. The first kappa shape index (κ1) is 18.6. The number of benzene rings is 1. The molecular formula is C17H17F3N2O3. The van der Waals surface area contributed by atoms with E-state index in [1.54, 1.807) is 0 Å². The van der Waals surface area contributed by atoms with Crippen molar-refractivity contribution >= 4 is 11.8 Å². The number of furan rings is 1. The fourth-order valence-corrected chi connectivity index (χ4v) is 2.26. The van der Waals surface area contributed by atoms with E-state index in [1.807, 2.05) is 0 Å². The third kappa shape index (κ3) is 4.85. The van der Waals surface area contributed by atoms with Gasteiger partial charge in [0, 0.05) is 13.6 Å². The van der Waals surface area contributed by atoms with Crippen LogP contribution in [0.1, 0.15) is 28.4 Å². The number of likely N-dealkylation sites (N-methyl/N-ethyl adjacent to an activating group) is 1. The third-order valence-corrected chi connectivity index (χ3v) is 3.55. The van der Waals surface area contributed by atoms with Crippen molar-refractivity contribution in [1.29, 1.82) is 0 Å². The van der Waals surface area contributed by atoms with Crippen LogP contribution in [0.15, 0.2) is 47.3 Å². The predicted molar refractivity (Wildman–Crippen MR) is 83.6 cm³/mol. The molecule has 0 aliphatic carbocycles. The number of amides is 2. The zero-order chi connectivity index (χ0) is 18.6. The summed E-state index contributed by atoms with van der Waals surface area (Å²) in [7, 11) is 1.46. The maximum atomic E-state index is 12.7. The molecule has 2 aromatic rings. The standard InChI is InChI=1S/C17H17F3N2O3/c1-11(21-15(23)13-6-7-25-10-13)16(24)22(2)9-12-4-3-5-14(8-12)17(18,19)20/h3-8,10-11H,9H2,1-2H3,(H,21,23)/t11-/m1/s1. The molecule has 1 heterocycles. The highest BCUT2D eigenvalue weighted by Gasteiger charge is 2.30. The third-order valence-electron chi connectivity index (χ3n) is 3.55. The van der Waals surface area contributed by atoms with E-state index in [0.29, 0.717) is 5.56 Å². The monoisotopic (exact) mass is 354 g/mol. The topological polar surface area (TPSA) is 62.6 Å². The zero-order valence-corrected chi connectivity index (χ0v) is 13.6. The van der Waals surface area contributed by atoms with Crippen molar-refractivity contribution in [1.82, 2.24) is 10.2 Å². The number of rotatable bonds is 5. The average molecular weight is 354 g/mol. The van der Waals surface area contributed by atoms with E-state index < -0.39 is 29.6 Å². The second-order valence-corrected chi connectivity index (χ2v) is 5.60. The van der Waals surface area contributed by atoms with E-state index in [9.17, 15) is 22.8 Å². The van der Waals surface area contributed by atoms with Gasteiger partial charge in [-0.2, -0.15) is 13.2 Å². The van der Waals surface area contributed by atoms with E-state index in [0.717, 1.165) is 12.1 Å². The summed E-state index contributed by atoms with van der Waals surface area (Å²) < 4.78 is 43.0. The molecule has 1 aromatic heterocycles. The number of halogens is 3. The first-order chi connectivity index (χ1) is 11.7. The number of hydrogen-bond donors (Lipinski definition) is 1. The van der Waals surface area contributed by atoms with Crippen LogP contribution in [0.3, 0.4) is 0 Å². The minimum Gasteiger partial charge on any atom is -0.472 e. The Balaban J connectivity index is 1.99. The maximum Gasteiger partial charge on any atom is 0.416 e. The molecule has 2 amide bonds. The quantitative estimate of drug-likeness (QED) is 0.898. The molecule has 5 nitrogen and oxygen atoms in total. The molecule has 0 spiro atoms. The van der Waals surface area contributed by atoms with Crippen LogP contribution in [0.4, 0.5) is 13.2 Å². The largest absolute Gasteiger partial charge is 0.472 e. The van der Waals surface area contributed by atoms with Crippen LogP contribution < -0.4 is 5.32 Å². The summed E-state index contributed by atoms with van der Waals surface area (Å²) in [5.41, 5.74) is -0.147. The molecule has 0 aliphatic rings. The van der Waals surface area contributed by atoms with Crippen molar-refractivity contribution in [3.63, 3.8) is 0 Å². The molecule has 0 aliphatic heterocycles. The highest BCUT2D eigenvalue weighted by Crippen LogP contribution is 2.29.